The molecule has 4 rings (SSSR count). The van der Waals surface area contributed by atoms with Gasteiger partial charge in [0.2, 0.25) is 5.78 Å². The lowest BCUT2D eigenvalue weighted by molar-refractivity contribution is 0.100. The third-order valence-electron chi connectivity index (χ3n) is 4.37. The maximum atomic E-state index is 14.6. The molecule has 142 valence electrons. The SMILES string of the molecule is [C-]#[N+]c1ccc(-c2nc3nc(N)c(C(N)=O)cn3c2-c2ccc(F)cc2F)cc1. The summed E-state index contributed by atoms with van der Waals surface area (Å²) >= 11 is 0. The molecule has 9 heteroatoms. The Morgan fingerprint density at radius 2 is 1.83 bits per heavy atom. The molecule has 0 aliphatic heterocycles. The van der Waals surface area contributed by atoms with Gasteiger partial charge in [-0.05, 0) is 17.7 Å². The number of aromatic nitrogens is 3. The van der Waals surface area contributed by atoms with Gasteiger partial charge in [0.1, 0.15) is 17.5 Å². The Balaban J connectivity index is 2.08. The van der Waals surface area contributed by atoms with E-state index in [0.29, 0.717) is 16.9 Å². The van der Waals surface area contributed by atoms with Crippen molar-refractivity contribution in [2.45, 2.75) is 0 Å². The Hall–Kier alpha value is -4.32. The molecule has 2 heterocycles. The van der Waals surface area contributed by atoms with E-state index in [1.165, 1.54) is 16.7 Å². The number of benzene rings is 2. The highest BCUT2D eigenvalue weighted by molar-refractivity contribution is 5.97. The van der Waals surface area contributed by atoms with Crippen molar-refractivity contribution in [3.63, 3.8) is 0 Å². The Morgan fingerprint density at radius 3 is 2.45 bits per heavy atom. The van der Waals surface area contributed by atoms with Crippen molar-refractivity contribution in [3.8, 4) is 22.5 Å². The number of imidazole rings is 1. The molecule has 29 heavy (non-hydrogen) atoms. The standard InChI is InChI=1S/C20H12F2N6O/c1-25-12-5-2-10(3-6-12)16-17(13-7-4-11(21)8-15(13)22)28-9-14(19(24)29)18(23)27-20(28)26-16/h2-9H,(H2,24,29)(H2,23,26,27). The number of fused-ring (bicyclic) bond motifs is 1. The second-order valence-electron chi connectivity index (χ2n) is 6.17. The van der Waals surface area contributed by atoms with Crippen molar-refractivity contribution in [3.05, 3.63) is 77.3 Å². The molecule has 0 spiro atoms. The maximum Gasteiger partial charge on any atom is 0.253 e. The monoisotopic (exact) mass is 390 g/mol. The molecular weight excluding hydrogens is 378 g/mol. The summed E-state index contributed by atoms with van der Waals surface area (Å²) < 4.78 is 29.5. The first-order valence-corrected chi connectivity index (χ1v) is 8.30. The van der Waals surface area contributed by atoms with Gasteiger partial charge >= 0.3 is 0 Å². The highest BCUT2D eigenvalue weighted by Crippen LogP contribution is 2.35. The van der Waals surface area contributed by atoms with Gasteiger partial charge in [0.15, 0.2) is 5.69 Å². The highest BCUT2D eigenvalue weighted by Gasteiger charge is 2.22. The topological polar surface area (TPSA) is 104 Å². The average molecular weight is 390 g/mol. The van der Waals surface area contributed by atoms with E-state index in [4.69, 9.17) is 18.0 Å². The summed E-state index contributed by atoms with van der Waals surface area (Å²) in [5.41, 5.74) is 12.7. The van der Waals surface area contributed by atoms with Crippen molar-refractivity contribution in [1.82, 2.24) is 14.4 Å². The van der Waals surface area contributed by atoms with E-state index >= 15 is 0 Å². The molecule has 4 N–H and O–H groups in total. The molecule has 2 aromatic heterocycles. The Labute approximate surface area is 163 Å². The second kappa shape index (κ2) is 6.69. The number of hydrogen-bond donors (Lipinski definition) is 2. The first kappa shape index (κ1) is 18.1. The van der Waals surface area contributed by atoms with Gasteiger partial charge in [-0.2, -0.15) is 4.98 Å². The van der Waals surface area contributed by atoms with E-state index in [1.807, 2.05) is 0 Å². The molecule has 1 amide bonds. The summed E-state index contributed by atoms with van der Waals surface area (Å²) in [6.07, 6.45) is 1.32. The lowest BCUT2D eigenvalue weighted by atomic mass is 10.0. The van der Waals surface area contributed by atoms with E-state index in [1.54, 1.807) is 24.3 Å². The van der Waals surface area contributed by atoms with Crippen molar-refractivity contribution in [2.75, 3.05) is 5.73 Å². The van der Waals surface area contributed by atoms with Crippen LogP contribution in [-0.2, 0) is 0 Å². The van der Waals surface area contributed by atoms with E-state index in [2.05, 4.69) is 14.8 Å². The second-order valence-corrected chi connectivity index (χ2v) is 6.17. The Bertz CT molecular complexity index is 1320. The molecule has 0 unspecified atom stereocenters. The van der Waals surface area contributed by atoms with E-state index in [-0.39, 0.29) is 28.4 Å². The van der Waals surface area contributed by atoms with Crippen molar-refractivity contribution < 1.29 is 13.6 Å². The number of carbonyl (C=O) groups is 1. The molecule has 0 saturated carbocycles. The number of anilines is 1. The zero-order valence-corrected chi connectivity index (χ0v) is 14.7. The molecule has 2 aromatic carbocycles. The quantitative estimate of drug-likeness (QED) is 0.522. The van der Waals surface area contributed by atoms with Crippen LogP contribution in [0.4, 0.5) is 20.3 Å². The lowest BCUT2D eigenvalue weighted by Gasteiger charge is -2.08. The summed E-state index contributed by atoms with van der Waals surface area (Å²) in [6.45, 7) is 7.07. The summed E-state index contributed by atoms with van der Waals surface area (Å²) in [5.74, 6) is -2.36. The van der Waals surface area contributed by atoms with Gasteiger partial charge in [-0.25, -0.2) is 18.6 Å². The van der Waals surface area contributed by atoms with Crippen molar-refractivity contribution in [2.24, 2.45) is 5.73 Å². The zero-order valence-electron chi connectivity index (χ0n) is 14.7. The summed E-state index contributed by atoms with van der Waals surface area (Å²) in [6, 6.07) is 9.62. The normalized spacial score (nSPS) is 10.8. The Morgan fingerprint density at radius 1 is 1.10 bits per heavy atom. The number of carbonyl (C=O) groups excluding carboxylic acids is 1. The summed E-state index contributed by atoms with van der Waals surface area (Å²) in [7, 11) is 0. The van der Waals surface area contributed by atoms with Gasteiger partial charge in [0.25, 0.3) is 5.91 Å². The predicted molar refractivity (Wildman–Crippen MR) is 103 cm³/mol. The fraction of sp³-hybridized carbons (Fsp3) is 0. The van der Waals surface area contributed by atoms with E-state index in [0.717, 1.165) is 12.1 Å². The van der Waals surface area contributed by atoms with Crippen LogP contribution in [0, 0.1) is 18.2 Å². The lowest BCUT2D eigenvalue weighted by Crippen LogP contribution is -2.16. The average Bonchev–Trinajstić information content (AvgIpc) is 3.05. The molecule has 0 atom stereocenters. The largest absolute Gasteiger partial charge is 0.383 e. The van der Waals surface area contributed by atoms with Crippen LogP contribution in [0.1, 0.15) is 10.4 Å². The van der Waals surface area contributed by atoms with E-state index in [9.17, 15) is 13.6 Å². The van der Waals surface area contributed by atoms with Crippen LogP contribution >= 0.6 is 0 Å². The van der Waals surface area contributed by atoms with Crippen LogP contribution < -0.4 is 11.5 Å². The molecule has 4 aromatic rings. The molecule has 0 bridgehead atoms. The van der Waals surface area contributed by atoms with Crippen LogP contribution in [0.2, 0.25) is 0 Å². The van der Waals surface area contributed by atoms with Gasteiger partial charge in [-0.3, -0.25) is 9.20 Å². The van der Waals surface area contributed by atoms with Crippen molar-refractivity contribution in [1.29, 1.82) is 0 Å². The van der Waals surface area contributed by atoms with Gasteiger partial charge in [0, 0.05) is 17.8 Å². The van der Waals surface area contributed by atoms with Crippen molar-refractivity contribution >= 4 is 23.2 Å². The van der Waals surface area contributed by atoms with Gasteiger partial charge < -0.3 is 11.5 Å². The summed E-state index contributed by atoms with van der Waals surface area (Å²) in [4.78, 5) is 23.5. The molecule has 7 nitrogen and oxygen atoms in total. The third kappa shape index (κ3) is 3.02. The molecule has 0 saturated heterocycles. The molecule has 0 aliphatic rings. The third-order valence-corrected chi connectivity index (χ3v) is 4.37. The molecular formula is C20H12F2N6O. The zero-order chi connectivity index (χ0) is 20.7. The predicted octanol–water partition coefficient (Wildman–Crippen LogP) is 3.57. The Kier molecular flexibility index (Phi) is 4.16. The highest BCUT2D eigenvalue weighted by atomic mass is 19.1. The van der Waals surface area contributed by atoms with Crippen LogP contribution in [0.25, 0.3) is 33.1 Å². The molecule has 0 aliphatic carbocycles. The molecule has 0 radical (unpaired) electrons. The fourth-order valence-electron chi connectivity index (χ4n) is 3.01. The maximum absolute atomic E-state index is 14.6. The van der Waals surface area contributed by atoms with Crippen LogP contribution in [0.5, 0.6) is 0 Å². The number of hydrogen-bond acceptors (Lipinski definition) is 4. The van der Waals surface area contributed by atoms with Crippen LogP contribution in [0.3, 0.4) is 0 Å². The number of rotatable bonds is 3. The smallest absolute Gasteiger partial charge is 0.253 e. The molecule has 0 fully saturated rings. The van der Waals surface area contributed by atoms with Gasteiger partial charge in [-0.15, -0.1) is 0 Å². The number of nitrogens with zero attached hydrogens (tertiary/aromatic N) is 4. The fourth-order valence-corrected chi connectivity index (χ4v) is 3.01. The minimum Gasteiger partial charge on any atom is -0.383 e. The number of halogens is 2. The number of nitrogen functional groups attached to an aromatic ring is 1. The van der Waals surface area contributed by atoms with Gasteiger partial charge in [-0.1, -0.05) is 24.3 Å². The van der Waals surface area contributed by atoms with Crippen LogP contribution in [-0.4, -0.2) is 20.3 Å². The van der Waals surface area contributed by atoms with Gasteiger partial charge in [0.05, 0.1) is 23.5 Å². The minimum absolute atomic E-state index is 0.0464. The summed E-state index contributed by atoms with van der Waals surface area (Å²) in [5, 5.41) is 0. The number of amides is 1. The number of nitrogens with two attached hydrogens (primary N) is 2. The number of primary amides is 1. The first-order valence-electron chi connectivity index (χ1n) is 8.30. The minimum atomic E-state index is -0.816. The van der Waals surface area contributed by atoms with E-state index < -0.39 is 17.5 Å². The first-order chi connectivity index (χ1) is 13.9. The van der Waals surface area contributed by atoms with Crippen LogP contribution in [0.15, 0.2) is 48.7 Å².